The van der Waals surface area contributed by atoms with E-state index >= 15 is 0 Å². The summed E-state index contributed by atoms with van der Waals surface area (Å²) < 4.78 is 1.99. The van der Waals surface area contributed by atoms with Crippen LogP contribution in [0.2, 0.25) is 0 Å². The van der Waals surface area contributed by atoms with E-state index in [9.17, 15) is 9.59 Å². The van der Waals surface area contributed by atoms with Gasteiger partial charge in [0.1, 0.15) is 0 Å². The van der Waals surface area contributed by atoms with Crippen molar-refractivity contribution in [1.82, 2.24) is 19.4 Å². The second-order valence-corrected chi connectivity index (χ2v) is 8.35. The van der Waals surface area contributed by atoms with E-state index in [0.29, 0.717) is 29.9 Å². The average molecular weight is 434 g/mol. The molecule has 3 aromatic heterocycles. The minimum Gasteiger partial charge on any atom is -0.337 e. The number of thiophene rings is 1. The monoisotopic (exact) mass is 433 g/mol. The average Bonchev–Trinajstić information content (AvgIpc) is 3.42. The first kappa shape index (κ1) is 20.7. The van der Waals surface area contributed by atoms with E-state index in [0.717, 1.165) is 22.5 Å². The highest BCUT2D eigenvalue weighted by Gasteiger charge is 2.18. The molecule has 0 atom stereocenters. The number of fused-ring (bicyclic) bond motifs is 1. The Labute approximate surface area is 184 Å². The Balaban J connectivity index is 1.64. The van der Waals surface area contributed by atoms with Crippen LogP contribution in [0.1, 0.15) is 27.9 Å². The molecule has 8 heteroatoms. The highest BCUT2D eigenvalue weighted by Crippen LogP contribution is 2.27. The Morgan fingerprint density at radius 2 is 2.03 bits per heavy atom. The molecule has 7 nitrogen and oxygen atoms in total. The first-order chi connectivity index (χ1) is 15.0. The Kier molecular flexibility index (Phi) is 6.08. The van der Waals surface area contributed by atoms with Gasteiger partial charge in [0.25, 0.3) is 5.91 Å². The minimum atomic E-state index is -0.199. The third kappa shape index (κ3) is 4.80. The SMILES string of the molecule is CC(=O)Nc1cc(C(=O)N(C)Cc2cccs2)cc2ncn(CCc3ccccn3)c12. The number of carbonyl (C=O) groups excluding carboxylic acids is 2. The molecule has 158 valence electrons. The maximum Gasteiger partial charge on any atom is 0.254 e. The lowest BCUT2D eigenvalue weighted by molar-refractivity contribution is -0.114. The van der Waals surface area contributed by atoms with Crippen LogP contribution >= 0.6 is 11.3 Å². The number of aryl methyl sites for hydroxylation is 2. The van der Waals surface area contributed by atoms with Crippen LogP contribution in [0.15, 0.2) is 60.4 Å². The summed E-state index contributed by atoms with van der Waals surface area (Å²) in [4.78, 5) is 36.5. The van der Waals surface area contributed by atoms with E-state index in [2.05, 4.69) is 15.3 Å². The summed E-state index contributed by atoms with van der Waals surface area (Å²) in [5.74, 6) is -0.319. The highest BCUT2D eigenvalue weighted by atomic mass is 32.1. The molecule has 0 aliphatic rings. The van der Waals surface area contributed by atoms with Gasteiger partial charge in [-0.2, -0.15) is 0 Å². The van der Waals surface area contributed by atoms with Gasteiger partial charge >= 0.3 is 0 Å². The van der Waals surface area contributed by atoms with Crippen LogP contribution in [0.5, 0.6) is 0 Å². The van der Waals surface area contributed by atoms with E-state index in [-0.39, 0.29) is 11.8 Å². The summed E-state index contributed by atoms with van der Waals surface area (Å²) in [6.07, 6.45) is 4.24. The maximum atomic E-state index is 13.0. The third-order valence-electron chi connectivity index (χ3n) is 4.93. The van der Waals surface area contributed by atoms with E-state index < -0.39 is 0 Å². The third-order valence-corrected chi connectivity index (χ3v) is 5.79. The van der Waals surface area contributed by atoms with Gasteiger partial charge in [0.15, 0.2) is 0 Å². The highest BCUT2D eigenvalue weighted by molar-refractivity contribution is 7.09. The number of nitrogens with zero attached hydrogens (tertiary/aromatic N) is 4. The zero-order valence-corrected chi connectivity index (χ0v) is 18.2. The largest absolute Gasteiger partial charge is 0.337 e. The van der Waals surface area contributed by atoms with Crippen LogP contribution in [0.3, 0.4) is 0 Å². The first-order valence-corrected chi connectivity index (χ1v) is 10.8. The number of nitrogens with one attached hydrogen (secondary N) is 1. The van der Waals surface area contributed by atoms with Crippen molar-refractivity contribution in [3.63, 3.8) is 0 Å². The molecule has 0 aliphatic carbocycles. The number of hydrogen-bond acceptors (Lipinski definition) is 5. The van der Waals surface area contributed by atoms with Gasteiger partial charge < -0.3 is 14.8 Å². The Hall–Kier alpha value is -3.52. The second kappa shape index (κ2) is 9.09. The molecular weight excluding hydrogens is 410 g/mol. The molecule has 0 saturated heterocycles. The van der Waals surface area contributed by atoms with Gasteiger partial charge in [-0.25, -0.2) is 4.98 Å². The number of carbonyl (C=O) groups is 2. The van der Waals surface area contributed by atoms with E-state index in [4.69, 9.17) is 0 Å². The van der Waals surface area contributed by atoms with Crippen LogP contribution in [0.25, 0.3) is 11.0 Å². The number of anilines is 1. The summed E-state index contributed by atoms with van der Waals surface area (Å²) in [6.45, 7) is 2.64. The van der Waals surface area contributed by atoms with Gasteiger partial charge in [-0.15, -0.1) is 11.3 Å². The van der Waals surface area contributed by atoms with Crippen molar-refractivity contribution in [3.05, 3.63) is 76.5 Å². The van der Waals surface area contributed by atoms with Crippen LogP contribution in [0.4, 0.5) is 5.69 Å². The molecule has 0 unspecified atom stereocenters. The number of imidazole rings is 1. The smallest absolute Gasteiger partial charge is 0.254 e. The van der Waals surface area contributed by atoms with Crippen LogP contribution in [-0.2, 0) is 24.3 Å². The van der Waals surface area contributed by atoms with Gasteiger partial charge in [0.05, 0.1) is 29.6 Å². The Morgan fingerprint density at radius 1 is 1.16 bits per heavy atom. The van der Waals surface area contributed by atoms with E-state index in [1.807, 2.05) is 40.3 Å². The van der Waals surface area contributed by atoms with Crippen molar-refractivity contribution in [3.8, 4) is 0 Å². The fourth-order valence-electron chi connectivity index (χ4n) is 3.50. The molecule has 2 amide bonds. The Bertz CT molecular complexity index is 1200. The van der Waals surface area contributed by atoms with Crippen molar-refractivity contribution in [1.29, 1.82) is 0 Å². The molecular formula is C23H23N5O2S. The molecule has 1 aromatic carbocycles. The lowest BCUT2D eigenvalue weighted by Crippen LogP contribution is -2.26. The van der Waals surface area contributed by atoms with Gasteiger partial charge in [0.2, 0.25) is 5.91 Å². The zero-order chi connectivity index (χ0) is 21.8. The van der Waals surface area contributed by atoms with Crippen molar-refractivity contribution < 1.29 is 9.59 Å². The number of benzene rings is 1. The van der Waals surface area contributed by atoms with Crippen molar-refractivity contribution in [2.75, 3.05) is 12.4 Å². The predicted molar refractivity (Wildman–Crippen MR) is 122 cm³/mol. The van der Waals surface area contributed by atoms with E-state index in [1.54, 1.807) is 47.9 Å². The molecule has 0 bridgehead atoms. The lowest BCUT2D eigenvalue weighted by atomic mass is 10.1. The van der Waals surface area contributed by atoms with Crippen LogP contribution in [0, 0.1) is 0 Å². The summed E-state index contributed by atoms with van der Waals surface area (Å²) in [6, 6.07) is 13.3. The number of amides is 2. The van der Waals surface area contributed by atoms with Gasteiger partial charge in [-0.05, 0) is 35.7 Å². The van der Waals surface area contributed by atoms with Crippen molar-refractivity contribution >= 4 is 39.9 Å². The fourth-order valence-corrected chi connectivity index (χ4v) is 4.25. The van der Waals surface area contributed by atoms with Gasteiger partial charge in [-0.1, -0.05) is 12.1 Å². The minimum absolute atomic E-state index is 0.120. The maximum absolute atomic E-state index is 13.0. The normalized spacial score (nSPS) is 10.9. The van der Waals surface area contributed by atoms with Gasteiger partial charge in [0, 0.05) is 49.3 Å². The predicted octanol–water partition coefficient (Wildman–Crippen LogP) is 3.97. The number of rotatable bonds is 7. The summed E-state index contributed by atoms with van der Waals surface area (Å²) >= 11 is 1.61. The zero-order valence-electron chi connectivity index (χ0n) is 17.4. The molecule has 4 aromatic rings. The van der Waals surface area contributed by atoms with Crippen molar-refractivity contribution in [2.24, 2.45) is 0 Å². The van der Waals surface area contributed by atoms with Crippen molar-refractivity contribution in [2.45, 2.75) is 26.4 Å². The molecule has 4 rings (SSSR count). The number of aromatic nitrogens is 3. The molecule has 0 fully saturated rings. The molecule has 0 aliphatic heterocycles. The molecule has 31 heavy (non-hydrogen) atoms. The molecule has 0 saturated carbocycles. The number of pyridine rings is 1. The Morgan fingerprint density at radius 3 is 2.74 bits per heavy atom. The fraction of sp³-hybridized carbons (Fsp3) is 0.217. The number of hydrogen-bond donors (Lipinski definition) is 1. The van der Waals surface area contributed by atoms with Crippen LogP contribution < -0.4 is 5.32 Å². The summed E-state index contributed by atoms with van der Waals surface area (Å²) in [7, 11) is 1.77. The topological polar surface area (TPSA) is 80.1 Å². The van der Waals surface area contributed by atoms with E-state index in [1.165, 1.54) is 6.92 Å². The molecule has 3 heterocycles. The summed E-state index contributed by atoms with van der Waals surface area (Å²) in [5.41, 5.74) is 3.51. The standard InChI is InChI=1S/C23H23N5O2S/c1-16(29)26-21-13-17(23(30)27(2)14-19-7-5-11-31-19)12-20-22(21)28(15-25-20)10-8-18-6-3-4-9-24-18/h3-7,9,11-13,15H,8,10,14H2,1-2H3,(H,26,29). The molecule has 1 N–H and O–H groups in total. The molecule has 0 spiro atoms. The summed E-state index contributed by atoms with van der Waals surface area (Å²) in [5, 5.41) is 4.86. The van der Waals surface area contributed by atoms with Crippen LogP contribution in [-0.4, -0.2) is 38.3 Å². The second-order valence-electron chi connectivity index (χ2n) is 7.32. The molecule has 0 radical (unpaired) electrons. The van der Waals surface area contributed by atoms with Gasteiger partial charge in [-0.3, -0.25) is 14.6 Å². The first-order valence-electron chi connectivity index (χ1n) is 9.95. The lowest BCUT2D eigenvalue weighted by Gasteiger charge is -2.17. The quantitative estimate of drug-likeness (QED) is 0.478.